The van der Waals surface area contributed by atoms with Crippen molar-refractivity contribution in [3.8, 4) is 0 Å². The minimum absolute atomic E-state index is 0.166. The van der Waals surface area contributed by atoms with Gasteiger partial charge in [0.25, 0.3) is 0 Å². The summed E-state index contributed by atoms with van der Waals surface area (Å²) in [5.74, 6) is 1.08. The minimum atomic E-state index is 0.166. The van der Waals surface area contributed by atoms with Crippen molar-refractivity contribution in [2.75, 3.05) is 26.2 Å². The van der Waals surface area contributed by atoms with Crippen LogP contribution in [0.5, 0.6) is 0 Å². The number of nitrogens with zero attached hydrogens (tertiary/aromatic N) is 1. The maximum atomic E-state index is 12.2. The second-order valence-electron chi connectivity index (χ2n) is 6.65. The van der Waals surface area contributed by atoms with Crippen LogP contribution in [0.25, 0.3) is 0 Å². The van der Waals surface area contributed by atoms with E-state index in [9.17, 15) is 4.79 Å². The van der Waals surface area contributed by atoms with E-state index >= 15 is 0 Å². The van der Waals surface area contributed by atoms with Crippen LogP contribution in [0.4, 0.5) is 0 Å². The molecule has 2 unspecified atom stereocenters. The van der Waals surface area contributed by atoms with Crippen molar-refractivity contribution in [2.24, 2.45) is 17.6 Å². The Morgan fingerprint density at radius 2 is 2.00 bits per heavy atom. The average Bonchev–Trinajstić information content (AvgIpc) is 2.46. The quantitative estimate of drug-likeness (QED) is 0.807. The fourth-order valence-corrected chi connectivity index (χ4v) is 3.59. The molecule has 0 radical (unpaired) electrons. The first-order valence-electron chi connectivity index (χ1n) is 8.44. The van der Waals surface area contributed by atoms with Gasteiger partial charge in [0.05, 0.1) is 0 Å². The van der Waals surface area contributed by atoms with Gasteiger partial charge in [0.2, 0.25) is 5.91 Å². The van der Waals surface area contributed by atoms with E-state index in [0.29, 0.717) is 5.92 Å². The number of nitrogens with two attached hydrogens (primary N) is 1. The lowest BCUT2D eigenvalue weighted by Crippen LogP contribution is -2.42. The Bertz CT molecular complexity index is 300. The lowest BCUT2D eigenvalue weighted by atomic mass is 9.85. The van der Waals surface area contributed by atoms with E-state index in [2.05, 4.69) is 17.1 Å². The number of hydrogen-bond acceptors (Lipinski definition) is 3. The molecule has 1 saturated carbocycles. The Balaban J connectivity index is 1.64. The maximum absolute atomic E-state index is 12.2. The monoisotopic (exact) mass is 281 g/mol. The van der Waals surface area contributed by atoms with Crippen molar-refractivity contribution in [1.29, 1.82) is 0 Å². The molecule has 1 aliphatic heterocycles. The number of piperidine rings is 1. The number of rotatable bonds is 5. The number of carbonyl (C=O) groups excluding carboxylic acids is 1. The van der Waals surface area contributed by atoms with Gasteiger partial charge in [-0.15, -0.1) is 0 Å². The van der Waals surface area contributed by atoms with E-state index in [1.54, 1.807) is 0 Å². The zero-order chi connectivity index (χ0) is 14.4. The van der Waals surface area contributed by atoms with Gasteiger partial charge in [-0.1, -0.05) is 13.3 Å². The Labute approximate surface area is 123 Å². The predicted molar refractivity (Wildman–Crippen MR) is 82.4 cm³/mol. The Kier molecular flexibility index (Phi) is 6.30. The summed E-state index contributed by atoms with van der Waals surface area (Å²) in [6, 6.07) is 0.233. The molecule has 20 heavy (non-hydrogen) atoms. The van der Waals surface area contributed by atoms with Crippen molar-refractivity contribution in [3.05, 3.63) is 0 Å². The smallest absolute Gasteiger partial charge is 0.223 e. The average molecular weight is 281 g/mol. The topological polar surface area (TPSA) is 58.4 Å². The van der Waals surface area contributed by atoms with Gasteiger partial charge < -0.3 is 16.0 Å². The van der Waals surface area contributed by atoms with Crippen molar-refractivity contribution in [1.82, 2.24) is 10.2 Å². The lowest BCUT2D eigenvalue weighted by molar-refractivity contribution is -0.126. The third kappa shape index (κ3) is 4.74. The van der Waals surface area contributed by atoms with Crippen LogP contribution in [-0.4, -0.2) is 43.0 Å². The van der Waals surface area contributed by atoms with Gasteiger partial charge in [0.15, 0.2) is 0 Å². The van der Waals surface area contributed by atoms with E-state index in [-0.39, 0.29) is 17.9 Å². The second kappa shape index (κ2) is 7.99. The number of nitrogens with one attached hydrogen (secondary N) is 1. The molecule has 3 N–H and O–H groups in total. The van der Waals surface area contributed by atoms with Crippen molar-refractivity contribution in [3.63, 3.8) is 0 Å². The fourth-order valence-electron chi connectivity index (χ4n) is 3.59. The predicted octanol–water partition coefficient (Wildman–Crippen LogP) is 1.74. The second-order valence-corrected chi connectivity index (χ2v) is 6.65. The number of amides is 1. The molecule has 0 aromatic heterocycles. The van der Waals surface area contributed by atoms with Gasteiger partial charge in [-0.3, -0.25) is 4.79 Å². The normalized spacial score (nSPS) is 29.3. The van der Waals surface area contributed by atoms with Crippen LogP contribution in [-0.2, 0) is 4.79 Å². The van der Waals surface area contributed by atoms with Crippen LogP contribution < -0.4 is 11.1 Å². The summed E-state index contributed by atoms with van der Waals surface area (Å²) in [5, 5.41) is 3.18. The van der Waals surface area contributed by atoms with Crippen molar-refractivity contribution < 1.29 is 4.79 Å². The number of hydrogen-bond donors (Lipinski definition) is 2. The molecule has 0 aromatic carbocycles. The van der Waals surface area contributed by atoms with E-state index in [1.165, 1.54) is 38.9 Å². The van der Waals surface area contributed by atoms with Crippen LogP contribution in [0.2, 0.25) is 0 Å². The van der Waals surface area contributed by atoms with Gasteiger partial charge in [-0.25, -0.2) is 0 Å². The van der Waals surface area contributed by atoms with Crippen LogP contribution >= 0.6 is 0 Å². The van der Waals surface area contributed by atoms with Crippen LogP contribution in [0, 0.1) is 11.8 Å². The highest BCUT2D eigenvalue weighted by Gasteiger charge is 2.26. The molecule has 2 atom stereocenters. The zero-order valence-electron chi connectivity index (χ0n) is 12.9. The van der Waals surface area contributed by atoms with Gasteiger partial charge in [-0.05, 0) is 64.1 Å². The molecule has 2 aliphatic rings. The van der Waals surface area contributed by atoms with Crippen LogP contribution in [0.15, 0.2) is 0 Å². The number of likely N-dealkylation sites (tertiary alicyclic amines) is 1. The molecule has 0 aromatic rings. The van der Waals surface area contributed by atoms with E-state index in [0.717, 1.165) is 32.2 Å². The summed E-state index contributed by atoms with van der Waals surface area (Å²) >= 11 is 0. The standard InChI is InChI=1S/C16H31N3O/c1-2-8-19-9-6-13(7-10-19)12-18-16(20)14-4-3-5-15(17)11-14/h13-15H,2-12,17H2,1H3,(H,18,20). The molecule has 1 heterocycles. The van der Waals surface area contributed by atoms with Gasteiger partial charge >= 0.3 is 0 Å². The molecule has 4 heteroatoms. The Morgan fingerprint density at radius 1 is 1.25 bits per heavy atom. The van der Waals surface area contributed by atoms with Gasteiger partial charge in [0, 0.05) is 18.5 Å². The summed E-state index contributed by atoms with van der Waals surface area (Å²) in [6.45, 7) is 6.72. The van der Waals surface area contributed by atoms with Gasteiger partial charge in [-0.2, -0.15) is 0 Å². The molecule has 116 valence electrons. The summed E-state index contributed by atoms with van der Waals surface area (Å²) in [7, 11) is 0. The summed E-state index contributed by atoms with van der Waals surface area (Å²) in [6.07, 6.45) is 7.78. The molecule has 1 aliphatic carbocycles. The summed E-state index contributed by atoms with van der Waals surface area (Å²) in [5.41, 5.74) is 5.96. The molecule has 0 bridgehead atoms. The third-order valence-corrected chi connectivity index (χ3v) is 4.90. The first-order chi connectivity index (χ1) is 9.69. The summed E-state index contributed by atoms with van der Waals surface area (Å²) in [4.78, 5) is 14.7. The minimum Gasteiger partial charge on any atom is -0.356 e. The largest absolute Gasteiger partial charge is 0.356 e. The highest BCUT2D eigenvalue weighted by Crippen LogP contribution is 2.23. The van der Waals surface area contributed by atoms with E-state index in [4.69, 9.17) is 5.73 Å². The maximum Gasteiger partial charge on any atom is 0.223 e. The molecule has 0 spiro atoms. The first kappa shape index (κ1) is 15.8. The first-order valence-corrected chi connectivity index (χ1v) is 8.44. The molecule has 1 amide bonds. The summed E-state index contributed by atoms with van der Waals surface area (Å²) < 4.78 is 0. The third-order valence-electron chi connectivity index (χ3n) is 4.90. The molecule has 2 rings (SSSR count). The van der Waals surface area contributed by atoms with Crippen molar-refractivity contribution >= 4 is 5.91 Å². The molecular weight excluding hydrogens is 250 g/mol. The fraction of sp³-hybridized carbons (Fsp3) is 0.938. The zero-order valence-corrected chi connectivity index (χ0v) is 12.9. The highest BCUT2D eigenvalue weighted by molar-refractivity contribution is 5.78. The lowest BCUT2D eigenvalue weighted by Gasteiger charge is -2.32. The van der Waals surface area contributed by atoms with Crippen LogP contribution in [0.1, 0.15) is 51.9 Å². The molecule has 4 nitrogen and oxygen atoms in total. The van der Waals surface area contributed by atoms with Crippen molar-refractivity contribution in [2.45, 2.75) is 57.9 Å². The van der Waals surface area contributed by atoms with E-state index < -0.39 is 0 Å². The SMILES string of the molecule is CCCN1CCC(CNC(=O)C2CCCC(N)C2)CC1. The molecular formula is C16H31N3O. The van der Waals surface area contributed by atoms with E-state index in [1.807, 2.05) is 0 Å². The van der Waals surface area contributed by atoms with Gasteiger partial charge in [0.1, 0.15) is 0 Å². The molecule has 2 fully saturated rings. The highest BCUT2D eigenvalue weighted by atomic mass is 16.1. The Hall–Kier alpha value is -0.610. The van der Waals surface area contributed by atoms with Crippen LogP contribution in [0.3, 0.4) is 0 Å². The number of carbonyl (C=O) groups is 1. The molecule has 1 saturated heterocycles. The Morgan fingerprint density at radius 3 is 2.65 bits per heavy atom.